The highest BCUT2D eigenvalue weighted by molar-refractivity contribution is 6.02. The van der Waals surface area contributed by atoms with E-state index < -0.39 is 0 Å². The Hall–Kier alpha value is -1.96. The van der Waals surface area contributed by atoms with E-state index in [1.165, 1.54) is 29.7 Å². The van der Waals surface area contributed by atoms with Crippen molar-refractivity contribution in [2.75, 3.05) is 0 Å². The zero-order chi connectivity index (χ0) is 11.5. The topological polar surface area (TPSA) is 16.2 Å². The van der Waals surface area contributed by atoms with Crippen molar-refractivity contribution in [3.63, 3.8) is 0 Å². The maximum Gasteiger partial charge on any atom is 0.202 e. The lowest BCUT2D eigenvalue weighted by Crippen LogP contribution is -2.29. The highest BCUT2D eigenvalue weighted by atomic mass is 15.3. The molecule has 1 aromatic heterocycles. The third-order valence-electron chi connectivity index (χ3n) is 3.12. The van der Waals surface area contributed by atoms with E-state index in [0.717, 1.165) is 6.42 Å². The van der Waals surface area contributed by atoms with E-state index >= 15 is 0 Å². The average molecular weight is 223 g/mol. The third-order valence-corrected chi connectivity index (χ3v) is 3.12. The van der Waals surface area contributed by atoms with Crippen molar-refractivity contribution in [1.29, 1.82) is 0 Å². The summed E-state index contributed by atoms with van der Waals surface area (Å²) in [4.78, 5) is 0. The number of aromatic nitrogens is 1. The van der Waals surface area contributed by atoms with Crippen molar-refractivity contribution in [2.24, 2.45) is 5.10 Å². The molecule has 0 atom stereocenters. The van der Waals surface area contributed by atoms with Crippen molar-refractivity contribution < 1.29 is 4.68 Å². The number of hydrogen-bond acceptors (Lipinski definition) is 1. The van der Waals surface area contributed by atoms with Crippen molar-refractivity contribution in [1.82, 2.24) is 0 Å². The second kappa shape index (κ2) is 4.50. The molecule has 0 saturated carbocycles. The summed E-state index contributed by atoms with van der Waals surface area (Å²) in [5, 5.41) is 4.69. The number of pyridine rings is 1. The molecule has 17 heavy (non-hydrogen) atoms. The van der Waals surface area contributed by atoms with Crippen LogP contribution in [0.25, 0.3) is 0 Å². The van der Waals surface area contributed by atoms with Crippen molar-refractivity contribution >= 4 is 5.71 Å². The molecule has 2 nitrogen and oxygen atoms in total. The van der Waals surface area contributed by atoms with Crippen LogP contribution in [0.3, 0.4) is 0 Å². The van der Waals surface area contributed by atoms with Gasteiger partial charge in [0.25, 0.3) is 0 Å². The van der Waals surface area contributed by atoms with Crippen molar-refractivity contribution in [3.8, 4) is 0 Å². The molecule has 0 N–H and O–H groups in total. The molecule has 2 heteroatoms. The quantitative estimate of drug-likeness (QED) is 0.661. The summed E-state index contributed by atoms with van der Waals surface area (Å²) in [6.07, 6.45) is 7.39. The molecule has 0 bridgehead atoms. The van der Waals surface area contributed by atoms with Gasteiger partial charge < -0.3 is 0 Å². The number of rotatable bonds is 1. The highest BCUT2D eigenvalue weighted by Gasteiger charge is 2.16. The Kier molecular flexibility index (Phi) is 2.70. The molecule has 1 heterocycles. The number of hydrogen-bond donors (Lipinski definition) is 0. The number of fused-ring (bicyclic) bond motifs is 1. The van der Waals surface area contributed by atoms with Gasteiger partial charge in [-0.1, -0.05) is 35.0 Å². The summed E-state index contributed by atoms with van der Waals surface area (Å²) in [6.45, 7) is 0. The van der Waals surface area contributed by atoms with Gasteiger partial charge in [-0.25, -0.2) is 0 Å². The minimum atomic E-state index is 1.07. The first-order valence-corrected chi connectivity index (χ1v) is 6.06. The van der Waals surface area contributed by atoms with Gasteiger partial charge in [0.1, 0.15) is 5.71 Å². The van der Waals surface area contributed by atoms with E-state index in [4.69, 9.17) is 5.10 Å². The van der Waals surface area contributed by atoms with Crippen molar-refractivity contribution in [2.45, 2.75) is 19.3 Å². The van der Waals surface area contributed by atoms with Gasteiger partial charge >= 0.3 is 0 Å². The molecule has 0 fully saturated rings. The lowest BCUT2D eigenvalue weighted by molar-refractivity contribution is -0.678. The third kappa shape index (κ3) is 2.11. The van der Waals surface area contributed by atoms with Gasteiger partial charge in [0.2, 0.25) is 12.4 Å². The Bertz CT molecular complexity index is 544. The molecule has 2 aromatic rings. The Labute approximate surface area is 101 Å². The van der Waals surface area contributed by atoms with Gasteiger partial charge in [0.05, 0.1) is 0 Å². The molecule has 0 radical (unpaired) electrons. The minimum Gasteiger partial charge on any atom is -0.0619 e. The molecule has 1 aliphatic rings. The molecular weight excluding hydrogens is 208 g/mol. The van der Waals surface area contributed by atoms with Crippen LogP contribution in [0.1, 0.15) is 24.0 Å². The van der Waals surface area contributed by atoms with Crippen LogP contribution >= 0.6 is 0 Å². The lowest BCUT2D eigenvalue weighted by atomic mass is 9.90. The fourth-order valence-electron chi connectivity index (χ4n) is 2.30. The van der Waals surface area contributed by atoms with Gasteiger partial charge in [0, 0.05) is 22.8 Å². The van der Waals surface area contributed by atoms with E-state index in [-0.39, 0.29) is 0 Å². The van der Waals surface area contributed by atoms with Crippen LogP contribution in [0, 0.1) is 0 Å². The van der Waals surface area contributed by atoms with Crippen LogP contribution in [0.4, 0.5) is 0 Å². The molecule has 0 aliphatic heterocycles. The van der Waals surface area contributed by atoms with Crippen molar-refractivity contribution in [3.05, 3.63) is 66.0 Å². The van der Waals surface area contributed by atoms with Gasteiger partial charge in [0.15, 0.2) is 0 Å². The molecule has 0 unspecified atom stereocenters. The summed E-state index contributed by atoms with van der Waals surface area (Å²) >= 11 is 0. The van der Waals surface area contributed by atoms with Crippen LogP contribution < -0.4 is 4.68 Å². The molecule has 1 aromatic carbocycles. The van der Waals surface area contributed by atoms with Crippen LogP contribution in [0.5, 0.6) is 0 Å². The van der Waals surface area contributed by atoms with Crippen LogP contribution in [0.15, 0.2) is 60.0 Å². The molecule has 0 saturated heterocycles. The van der Waals surface area contributed by atoms with E-state index in [1.54, 1.807) is 0 Å². The Morgan fingerprint density at radius 3 is 2.59 bits per heavy atom. The second-order valence-corrected chi connectivity index (χ2v) is 4.31. The monoisotopic (exact) mass is 223 g/mol. The summed E-state index contributed by atoms with van der Waals surface area (Å²) in [5.41, 5.74) is 3.94. The fourth-order valence-corrected chi connectivity index (χ4v) is 2.30. The second-order valence-electron chi connectivity index (χ2n) is 4.31. The normalized spacial score (nSPS) is 16.8. The first kappa shape index (κ1) is 10.2. The maximum absolute atomic E-state index is 4.69. The zero-order valence-corrected chi connectivity index (χ0v) is 9.71. The van der Waals surface area contributed by atoms with E-state index in [0.29, 0.717) is 0 Å². The Morgan fingerprint density at radius 2 is 1.71 bits per heavy atom. The standard InChI is InChI=1S/C15H15N2/c1-4-11-17(12-5-1)16-15-10-6-8-13-7-2-3-9-14(13)15/h1-5,7,9,11-12H,6,8,10H2/q+1. The van der Waals surface area contributed by atoms with Gasteiger partial charge in [-0.3, -0.25) is 0 Å². The van der Waals surface area contributed by atoms with Crippen LogP contribution in [0.2, 0.25) is 0 Å². The number of nitrogens with zero attached hydrogens (tertiary/aromatic N) is 2. The van der Waals surface area contributed by atoms with E-state index in [1.807, 2.05) is 35.3 Å². The van der Waals surface area contributed by atoms with Gasteiger partial charge in [-0.2, -0.15) is 0 Å². The molecule has 0 amide bonds. The predicted octanol–water partition coefficient (Wildman–Crippen LogP) is 2.56. The summed E-state index contributed by atoms with van der Waals surface area (Å²) in [6, 6.07) is 14.6. The fraction of sp³-hybridized carbons (Fsp3) is 0.200. The number of aryl methyl sites for hydroxylation is 1. The lowest BCUT2D eigenvalue weighted by Gasteiger charge is -2.15. The van der Waals surface area contributed by atoms with Gasteiger partial charge in [-0.15, -0.1) is 0 Å². The van der Waals surface area contributed by atoms with Crippen LogP contribution in [-0.4, -0.2) is 5.71 Å². The largest absolute Gasteiger partial charge is 0.202 e. The Balaban J connectivity index is 2.03. The highest BCUT2D eigenvalue weighted by Crippen LogP contribution is 2.20. The Morgan fingerprint density at radius 1 is 0.882 bits per heavy atom. The SMILES string of the molecule is c1cc[n+](N=C2CCCc3ccccc32)cc1. The van der Waals surface area contributed by atoms with Gasteiger partial charge in [-0.05, 0) is 24.8 Å². The number of benzene rings is 1. The molecule has 1 aliphatic carbocycles. The average Bonchev–Trinajstić information content (AvgIpc) is 2.40. The summed E-state index contributed by atoms with van der Waals surface area (Å²) in [5.74, 6) is 0. The first-order chi connectivity index (χ1) is 8.43. The smallest absolute Gasteiger partial charge is 0.0619 e. The predicted molar refractivity (Wildman–Crippen MR) is 68.0 cm³/mol. The molecule has 3 rings (SSSR count). The molecule has 84 valence electrons. The summed E-state index contributed by atoms with van der Waals surface area (Å²) < 4.78 is 1.89. The summed E-state index contributed by atoms with van der Waals surface area (Å²) in [7, 11) is 0. The first-order valence-electron chi connectivity index (χ1n) is 6.06. The molecule has 0 spiro atoms. The zero-order valence-electron chi connectivity index (χ0n) is 9.71. The van der Waals surface area contributed by atoms with Crippen LogP contribution in [-0.2, 0) is 6.42 Å². The molecular formula is C15H15N2+. The van der Waals surface area contributed by atoms with E-state index in [2.05, 4.69) is 24.3 Å². The minimum absolute atomic E-state index is 1.07. The van der Waals surface area contributed by atoms with E-state index in [9.17, 15) is 0 Å². The maximum atomic E-state index is 4.69.